The zero-order chi connectivity index (χ0) is 17.5. The molecule has 0 fully saturated rings. The lowest BCUT2D eigenvalue weighted by molar-refractivity contribution is 0.305. The first-order chi connectivity index (χ1) is 12.2. The van der Waals surface area contributed by atoms with Crippen LogP contribution >= 0.6 is 0 Å². The average Bonchev–Trinajstić information content (AvgIpc) is 2.67. The fourth-order valence-electron chi connectivity index (χ4n) is 2.77. The lowest BCUT2D eigenvalue weighted by atomic mass is 10.1. The first kappa shape index (κ1) is 17.2. The SMILES string of the molecule is Cc1ccccc1COc1ccc(CN[C@H](C)c2ccccc2)cc1. The molecule has 128 valence electrons. The van der Waals surface area contributed by atoms with Crippen LogP contribution in [0.5, 0.6) is 5.75 Å². The number of nitrogens with one attached hydrogen (secondary N) is 1. The van der Waals surface area contributed by atoms with E-state index in [-0.39, 0.29) is 0 Å². The molecule has 2 heteroatoms. The molecule has 3 aromatic carbocycles. The van der Waals surface area contributed by atoms with Crippen LogP contribution in [0.15, 0.2) is 78.9 Å². The van der Waals surface area contributed by atoms with Crippen molar-refractivity contribution in [2.24, 2.45) is 0 Å². The predicted molar refractivity (Wildman–Crippen MR) is 104 cm³/mol. The van der Waals surface area contributed by atoms with Gasteiger partial charge in [-0.2, -0.15) is 0 Å². The summed E-state index contributed by atoms with van der Waals surface area (Å²) in [6.07, 6.45) is 0. The van der Waals surface area contributed by atoms with Crippen molar-refractivity contribution >= 4 is 0 Å². The smallest absolute Gasteiger partial charge is 0.119 e. The van der Waals surface area contributed by atoms with Gasteiger partial charge < -0.3 is 10.1 Å². The Hall–Kier alpha value is -2.58. The first-order valence-corrected chi connectivity index (χ1v) is 8.77. The topological polar surface area (TPSA) is 21.3 Å². The lowest BCUT2D eigenvalue weighted by Gasteiger charge is -2.14. The minimum atomic E-state index is 0.332. The van der Waals surface area contributed by atoms with Crippen molar-refractivity contribution in [3.63, 3.8) is 0 Å². The van der Waals surface area contributed by atoms with Gasteiger partial charge in [-0.15, -0.1) is 0 Å². The maximum absolute atomic E-state index is 5.90. The molecule has 0 radical (unpaired) electrons. The highest BCUT2D eigenvalue weighted by Crippen LogP contribution is 2.17. The molecule has 25 heavy (non-hydrogen) atoms. The molecule has 0 spiro atoms. The molecule has 0 amide bonds. The van der Waals surface area contributed by atoms with Crippen molar-refractivity contribution in [3.8, 4) is 5.75 Å². The number of benzene rings is 3. The molecule has 0 unspecified atom stereocenters. The van der Waals surface area contributed by atoms with E-state index in [0.717, 1.165) is 12.3 Å². The second-order valence-corrected chi connectivity index (χ2v) is 6.37. The monoisotopic (exact) mass is 331 g/mol. The predicted octanol–water partition coefficient (Wildman–Crippen LogP) is 5.42. The molecular formula is C23H25NO. The lowest BCUT2D eigenvalue weighted by Crippen LogP contribution is -2.17. The van der Waals surface area contributed by atoms with Gasteiger partial charge in [0.15, 0.2) is 0 Å². The van der Waals surface area contributed by atoms with Gasteiger partial charge in [-0.1, -0.05) is 66.7 Å². The second-order valence-electron chi connectivity index (χ2n) is 6.37. The molecule has 0 aliphatic rings. The maximum Gasteiger partial charge on any atom is 0.119 e. The Morgan fingerprint density at radius 2 is 1.52 bits per heavy atom. The van der Waals surface area contributed by atoms with Crippen LogP contribution in [0, 0.1) is 6.92 Å². The molecule has 0 saturated heterocycles. The molecule has 0 aliphatic carbocycles. The highest BCUT2D eigenvalue weighted by molar-refractivity contribution is 5.29. The Bertz CT molecular complexity index is 781. The number of aryl methyl sites for hydroxylation is 1. The van der Waals surface area contributed by atoms with E-state index in [2.05, 4.69) is 73.8 Å². The minimum absolute atomic E-state index is 0.332. The second kappa shape index (κ2) is 8.50. The summed E-state index contributed by atoms with van der Waals surface area (Å²) >= 11 is 0. The zero-order valence-corrected chi connectivity index (χ0v) is 14.9. The summed E-state index contributed by atoms with van der Waals surface area (Å²) in [6.45, 7) is 5.75. The molecule has 0 aromatic heterocycles. The van der Waals surface area contributed by atoms with E-state index in [4.69, 9.17) is 4.74 Å². The zero-order valence-electron chi connectivity index (χ0n) is 14.9. The van der Waals surface area contributed by atoms with E-state index in [1.54, 1.807) is 0 Å². The van der Waals surface area contributed by atoms with Gasteiger partial charge in [0.2, 0.25) is 0 Å². The number of hydrogen-bond acceptors (Lipinski definition) is 2. The number of rotatable bonds is 7. The summed E-state index contributed by atoms with van der Waals surface area (Å²) in [7, 11) is 0. The van der Waals surface area contributed by atoms with E-state index >= 15 is 0 Å². The van der Waals surface area contributed by atoms with Crippen molar-refractivity contribution in [2.75, 3.05) is 0 Å². The van der Waals surface area contributed by atoms with Crippen LogP contribution in [-0.4, -0.2) is 0 Å². The third kappa shape index (κ3) is 4.94. The van der Waals surface area contributed by atoms with Gasteiger partial charge in [0.1, 0.15) is 12.4 Å². The summed E-state index contributed by atoms with van der Waals surface area (Å²) in [6, 6.07) is 27.5. The van der Waals surface area contributed by atoms with Crippen LogP contribution in [0.2, 0.25) is 0 Å². The molecule has 0 heterocycles. The van der Waals surface area contributed by atoms with Crippen molar-refractivity contribution in [3.05, 3.63) is 101 Å². The standard InChI is InChI=1S/C23H25NO/c1-18-8-6-7-11-22(18)17-25-23-14-12-20(13-15-23)16-24-19(2)21-9-4-3-5-10-21/h3-15,19,24H,16-17H2,1-2H3/t19-/m1/s1. The van der Waals surface area contributed by atoms with Gasteiger partial charge in [-0.05, 0) is 48.2 Å². The van der Waals surface area contributed by atoms with Gasteiger partial charge in [-0.25, -0.2) is 0 Å². The molecule has 2 nitrogen and oxygen atoms in total. The molecule has 3 aromatic rings. The number of hydrogen-bond donors (Lipinski definition) is 1. The summed E-state index contributed by atoms with van der Waals surface area (Å²) in [5.41, 5.74) is 5.05. The quantitative estimate of drug-likeness (QED) is 0.624. The Kier molecular flexibility index (Phi) is 5.86. The van der Waals surface area contributed by atoms with Crippen molar-refractivity contribution in [1.29, 1.82) is 0 Å². The van der Waals surface area contributed by atoms with Gasteiger partial charge >= 0.3 is 0 Å². The Labute approximate surface area is 150 Å². The largest absolute Gasteiger partial charge is 0.489 e. The van der Waals surface area contributed by atoms with Gasteiger partial charge in [0.05, 0.1) is 0 Å². The Morgan fingerprint density at radius 3 is 2.24 bits per heavy atom. The van der Waals surface area contributed by atoms with Crippen molar-refractivity contribution < 1.29 is 4.74 Å². The Morgan fingerprint density at radius 1 is 0.840 bits per heavy atom. The molecule has 1 atom stereocenters. The van der Waals surface area contributed by atoms with Gasteiger partial charge in [-0.3, -0.25) is 0 Å². The molecule has 0 bridgehead atoms. The third-order valence-corrected chi connectivity index (χ3v) is 4.49. The van der Waals surface area contributed by atoms with Crippen LogP contribution in [0.3, 0.4) is 0 Å². The summed E-state index contributed by atoms with van der Waals surface area (Å²) in [5.74, 6) is 0.906. The molecule has 1 N–H and O–H groups in total. The number of ether oxygens (including phenoxy) is 1. The van der Waals surface area contributed by atoms with Crippen LogP contribution < -0.4 is 10.1 Å². The highest BCUT2D eigenvalue weighted by Gasteiger charge is 2.04. The van der Waals surface area contributed by atoms with Crippen LogP contribution in [-0.2, 0) is 13.2 Å². The van der Waals surface area contributed by atoms with E-state index in [0.29, 0.717) is 12.6 Å². The van der Waals surface area contributed by atoms with Gasteiger partial charge in [0, 0.05) is 12.6 Å². The fraction of sp³-hybridized carbons (Fsp3) is 0.217. The molecule has 0 aliphatic heterocycles. The van der Waals surface area contributed by atoms with Crippen molar-refractivity contribution in [1.82, 2.24) is 5.32 Å². The summed E-state index contributed by atoms with van der Waals surface area (Å²) < 4.78 is 5.90. The van der Waals surface area contributed by atoms with Crippen LogP contribution in [0.1, 0.15) is 35.2 Å². The van der Waals surface area contributed by atoms with E-state index in [1.807, 2.05) is 24.3 Å². The van der Waals surface area contributed by atoms with Crippen LogP contribution in [0.4, 0.5) is 0 Å². The van der Waals surface area contributed by atoms with Crippen molar-refractivity contribution in [2.45, 2.75) is 33.0 Å². The highest BCUT2D eigenvalue weighted by atomic mass is 16.5. The molecule has 3 rings (SSSR count). The average molecular weight is 331 g/mol. The van der Waals surface area contributed by atoms with E-state index in [9.17, 15) is 0 Å². The fourth-order valence-corrected chi connectivity index (χ4v) is 2.77. The summed E-state index contributed by atoms with van der Waals surface area (Å²) in [4.78, 5) is 0. The van der Waals surface area contributed by atoms with Crippen LogP contribution in [0.25, 0.3) is 0 Å². The first-order valence-electron chi connectivity index (χ1n) is 8.77. The molecule has 0 saturated carbocycles. The third-order valence-electron chi connectivity index (χ3n) is 4.49. The Balaban J connectivity index is 1.51. The minimum Gasteiger partial charge on any atom is -0.489 e. The molecular weight excluding hydrogens is 306 g/mol. The van der Waals surface area contributed by atoms with E-state index < -0.39 is 0 Å². The normalized spacial score (nSPS) is 11.9. The van der Waals surface area contributed by atoms with Gasteiger partial charge in [0.25, 0.3) is 0 Å². The van der Waals surface area contributed by atoms with E-state index in [1.165, 1.54) is 22.3 Å². The summed E-state index contributed by atoms with van der Waals surface area (Å²) in [5, 5.41) is 3.56. The maximum atomic E-state index is 5.90.